The first-order chi connectivity index (χ1) is 34.0. The molecule has 1 unspecified atom stereocenters. The molecule has 0 aliphatic carbocycles. The summed E-state index contributed by atoms with van der Waals surface area (Å²) >= 11 is 0. The van der Waals surface area contributed by atoms with Crippen LogP contribution in [0.25, 0.3) is 0 Å². The van der Waals surface area contributed by atoms with Crippen LogP contribution in [0, 0.1) is 0 Å². The van der Waals surface area contributed by atoms with Gasteiger partial charge in [-0.15, -0.1) is 0 Å². The largest absolute Gasteiger partial charge is 0.462 e. The monoisotopic (exact) mass is 957 g/mol. The molecule has 69 heavy (non-hydrogen) atoms. The number of esters is 3. The molecule has 392 valence electrons. The zero-order chi connectivity index (χ0) is 50.0. The van der Waals surface area contributed by atoms with E-state index < -0.39 is 6.10 Å². The van der Waals surface area contributed by atoms with Crippen molar-refractivity contribution in [1.82, 2.24) is 0 Å². The van der Waals surface area contributed by atoms with Gasteiger partial charge in [0.25, 0.3) is 0 Å². The number of unbranched alkanes of at least 4 members (excludes halogenated alkanes) is 21. The minimum Gasteiger partial charge on any atom is -0.462 e. The van der Waals surface area contributed by atoms with Crippen molar-refractivity contribution in [3.05, 3.63) is 109 Å². The van der Waals surface area contributed by atoms with Gasteiger partial charge in [-0.25, -0.2) is 0 Å². The Hall–Kier alpha value is -3.93. The van der Waals surface area contributed by atoms with Crippen molar-refractivity contribution in [3.8, 4) is 0 Å². The molecule has 0 rings (SSSR count). The second-order valence-electron chi connectivity index (χ2n) is 18.5. The van der Waals surface area contributed by atoms with Gasteiger partial charge in [0.05, 0.1) is 0 Å². The zero-order valence-electron chi connectivity index (χ0n) is 44.8. The lowest BCUT2D eigenvalue weighted by Crippen LogP contribution is -2.30. The van der Waals surface area contributed by atoms with Crippen molar-refractivity contribution in [3.63, 3.8) is 0 Å². The Morgan fingerprint density at radius 1 is 0.304 bits per heavy atom. The SMILES string of the molecule is CC/C=C\C/C=C\C/C=C\C/C=C\C/C=C\C/C=C\C/C=C\C/C=C\C/C=C\CCCCCC(=O)OCC(COC(=O)CCCCCCCCCCCC)OC(=O)CCCCCCCCCCCC. The van der Waals surface area contributed by atoms with E-state index in [1.165, 1.54) is 89.9 Å². The Kier molecular flexibility index (Phi) is 53.4. The Balaban J connectivity index is 4.25. The molecular formula is C63H104O6. The predicted molar refractivity (Wildman–Crippen MR) is 297 cm³/mol. The summed E-state index contributed by atoms with van der Waals surface area (Å²) in [6.07, 6.45) is 76.7. The normalized spacial score (nSPS) is 12.9. The minimum atomic E-state index is -0.787. The van der Waals surface area contributed by atoms with Crippen molar-refractivity contribution >= 4 is 17.9 Å². The van der Waals surface area contributed by atoms with E-state index in [1.807, 2.05) is 0 Å². The number of rotatable bonds is 50. The lowest BCUT2D eigenvalue weighted by atomic mass is 10.1. The van der Waals surface area contributed by atoms with Crippen LogP contribution in [0.15, 0.2) is 109 Å². The number of allylic oxidation sites excluding steroid dienone is 18. The molecule has 0 heterocycles. The maximum Gasteiger partial charge on any atom is 0.306 e. The van der Waals surface area contributed by atoms with Gasteiger partial charge in [-0.2, -0.15) is 0 Å². The zero-order valence-corrected chi connectivity index (χ0v) is 44.8. The van der Waals surface area contributed by atoms with Gasteiger partial charge < -0.3 is 14.2 Å². The lowest BCUT2D eigenvalue weighted by Gasteiger charge is -2.18. The summed E-state index contributed by atoms with van der Waals surface area (Å²) in [5, 5.41) is 0. The van der Waals surface area contributed by atoms with Crippen LogP contribution < -0.4 is 0 Å². The Morgan fingerprint density at radius 3 is 0.884 bits per heavy atom. The van der Waals surface area contributed by atoms with Gasteiger partial charge >= 0.3 is 17.9 Å². The Morgan fingerprint density at radius 2 is 0.565 bits per heavy atom. The van der Waals surface area contributed by atoms with E-state index in [1.54, 1.807) is 0 Å². The van der Waals surface area contributed by atoms with Crippen molar-refractivity contribution < 1.29 is 28.6 Å². The van der Waals surface area contributed by atoms with Gasteiger partial charge in [-0.05, 0) is 89.9 Å². The van der Waals surface area contributed by atoms with E-state index >= 15 is 0 Å². The molecule has 0 amide bonds. The second kappa shape index (κ2) is 56.7. The molecule has 0 aromatic heterocycles. The van der Waals surface area contributed by atoms with Crippen LogP contribution in [0.2, 0.25) is 0 Å². The molecule has 0 radical (unpaired) electrons. The molecule has 1 atom stereocenters. The van der Waals surface area contributed by atoms with Crippen molar-refractivity contribution in [2.24, 2.45) is 0 Å². The number of carbonyl (C=O) groups is 3. The molecule has 0 aliphatic rings. The first-order valence-corrected chi connectivity index (χ1v) is 28.4. The van der Waals surface area contributed by atoms with Gasteiger partial charge in [0.1, 0.15) is 13.2 Å². The number of hydrogen-bond acceptors (Lipinski definition) is 6. The molecular weight excluding hydrogens is 853 g/mol. The summed E-state index contributed by atoms with van der Waals surface area (Å²) in [5.74, 6) is -0.925. The highest BCUT2D eigenvalue weighted by molar-refractivity contribution is 5.71. The second-order valence-corrected chi connectivity index (χ2v) is 18.5. The smallest absolute Gasteiger partial charge is 0.306 e. The Bertz CT molecular complexity index is 1420. The van der Waals surface area contributed by atoms with E-state index in [4.69, 9.17) is 14.2 Å². The van der Waals surface area contributed by atoms with Crippen LogP contribution in [0.5, 0.6) is 0 Å². The fraction of sp³-hybridized carbons (Fsp3) is 0.667. The molecule has 0 aliphatic heterocycles. The molecule has 6 nitrogen and oxygen atoms in total. The molecule has 0 aromatic rings. The molecule has 6 heteroatoms. The van der Waals surface area contributed by atoms with E-state index in [2.05, 4.69) is 130 Å². The third-order valence-corrected chi connectivity index (χ3v) is 11.8. The molecule has 0 aromatic carbocycles. The Labute approximate surface area is 425 Å². The highest BCUT2D eigenvalue weighted by Gasteiger charge is 2.19. The quantitative estimate of drug-likeness (QED) is 0.0262. The van der Waals surface area contributed by atoms with Crippen molar-refractivity contribution in [2.75, 3.05) is 13.2 Å². The number of hydrogen-bond donors (Lipinski definition) is 0. The van der Waals surface area contributed by atoms with E-state index in [9.17, 15) is 14.4 Å². The maximum absolute atomic E-state index is 12.7. The van der Waals surface area contributed by atoms with Crippen LogP contribution in [-0.4, -0.2) is 37.2 Å². The first-order valence-electron chi connectivity index (χ1n) is 28.4. The van der Waals surface area contributed by atoms with E-state index in [0.717, 1.165) is 122 Å². The average molecular weight is 958 g/mol. The summed E-state index contributed by atoms with van der Waals surface area (Å²) in [6, 6.07) is 0. The predicted octanol–water partition coefficient (Wildman–Crippen LogP) is 19.1. The standard InChI is InChI=1S/C63H104O6/c1-4-7-10-13-16-19-22-23-24-25-26-27-28-29-30-31-32-33-34-35-36-37-38-39-40-41-42-45-47-50-53-56-62(65)68-59-60(69-63(66)57-54-51-48-44-21-18-15-12-9-6-3)58-67-61(64)55-52-49-46-43-20-17-14-11-8-5-2/h7,10,16,19,23-24,26-27,29-30,32-33,35-36,38-39,41-42,60H,4-6,8-9,11-15,17-18,20-22,25,28,31,34,37,40,43-59H2,1-3H3/b10-7-,19-16-,24-23-,27-26-,30-29-,33-32-,36-35-,39-38-,42-41-. The molecule has 0 bridgehead atoms. The summed E-state index contributed by atoms with van der Waals surface area (Å²) < 4.78 is 16.7. The fourth-order valence-electron chi connectivity index (χ4n) is 7.55. The van der Waals surface area contributed by atoms with Gasteiger partial charge in [0.15, 0.2) is 6.10 Å². The van der Waals surface area contributed by atoms with Crippen LogP contribution in [0.4, 0.5) is 0 Å². The minimum absolute atomic E-state index is 0.0864. The lowest BCUT2D eigenvalue weighted by molar-refractivity contribution is -0.167. The van der Waals surface area contributed by atoms with E-state index in [-0.39, 0.29) is 31.1 Å². The molecule has 0 N–H and O–H groups in total. The molecule has 0 spiro atoms. The van der Waals surface area contributed by atoms with Crippen LogP contribution >= 0.6 is 0 Å². The molecule has 0 saturated heterocycles. The molecule has 0 saturated carbocycles. The van der Waals surface area contributed by atoms with Crippen molar-refractivity contribution in [1.29, 1.82) is 0 Å². The third kappa shape index (κ3) is 54.9. The third-order valence-electron chi connectivity index (χ3n) is 11.8. The fourth-order valence-corrected chi connectivity index (χ4v) is 7.55. The van der Waals surface area contributed by atoms with Gasteiger partial charge in [0.2, 0.25) is 0 Å². The number of carbonyl (C=O) groups excluding carboxylic acids is 3. The van der Waals surface area contributed by atoms with Gasteiger partial charge in [-0.3, -0.25) is 14.4 Å². The topological polar surface area (TPSA) is 78.9 Å². The van der Waals surface area contributed by atoms with Gasteiger partial charge in [0, 0.05) is 19.3 Å². The summed E-state index contributed by atoms with van der Waals surface area (Å²) in [6.45, 7) is 6.46. The average Bonchev–Trinajstić information content (AvgIpc) is 3.35. The summed E-state index contributed by atoms with van der Waals surface area (Å²) in [7, 11) is 0. The summed E-state index contributed by atoms with van der Waals surface area (Å²) in [5.41, 5.74) is 0. The number of ether oxygens (including phenoxy) is 3. The van der Waals surface area contributed by atoms with Crippen molar-refractivity contribution in [2.45, 2.75) is 258 Å². The highest BCUT2D eigenvalue weighted by atomic mass is 16.6. The highest BCUT2D eigenvalue weighted by Crippen LogP contribution is 2.14. The van der Waals surface area contributed by atoms with Crippen LogP contribution in [0.1, 0.15) is 252 Å². The van der Waals surface area contributed by atoms with E-state index in [0.29, 0.717) is 19.3 Å². The molecule has 0 fully saturated rings. The summed E-state index contributed by atoms with van der Waals surface area (Å²) in [4.78, 5) is 37.9. The van der Waals surface area contributed by atoms with Crippen LogP contribution in [0.3, 0.4) is 0 Å². The first kappa shape index (κ1) is 65.1. The van der Waals surface area contributed by atoms with Gasteiger partial charge in [-0.1, -0.05) is 252 Å². The maximum atomic E-state index is 12.7. The van der Waals surface area contributed by atoms with Crippen LogP contribution in [-0.2, 0) is 28.6 Å².